The Kier molecular flexibility index (Phi) is 3.90. The zero-order valence-electron chi connectivity index (χ0n) is 14.2. The molecule has 1 fully saturated rings. The molecule has 124 valence electrons. The molecule has 0 unspecified atom stereocenters. The van der Waals surface area contributed by atoms with Gasteiger partial charge in [-0.2, -0.15) is 0 Å². The van der Waals surface area contributed by atoms with Gasteiger partial charge in [0.1, 0.15) is 17.3 Å². The first-order chi connectivity index (χ1) is 11.7. The monoisotopic (exact) mass is 322 g/mol. The number of rotatable bonds is 3. The molecule has 4 heterocycles. The van der Waals surface area contributed by atoms with Gasteiger partial charge in [-0.05, 0) is 26.0 Å². The van der Waals surface area contributed by atoms with E-state index in [2.05, 4.69) is 35.2 Å². The van der Waals surface area contributed by atoms with Crippen molar-refractivity contribution < 1.29 is 0 Å². The highest BCUT2D eigenvalue weighted by atomic mass is 15.3. The molecular weight excluding hydrogens is 300 g/mol. The third-order valence-electron chi connectivity index (χ3n) is 4.59. The molecule has 3 aromatic rings. The second kappa shape index (κ2) is 6.20. The normalized spacial score (nSPS) is 16.0. The van der Waals surface area contributed by atoms with Crippen molar-refractivity contribution in [2.45, 2.75) is 20.4 Å². The Morgan fingerprint density at radius 2 is 1.88 bits per heavy atom. The van der Waals surface area contributed by atoms with Crippen molar-refractivity contribution >= 4 is 11.5 Å². The number of hydrogen-bond acceptors (Lipinski definition) is 5. The third-order valence-corrected chi connectivity index (χ3v) is 4.59. The number of piperazine rings is 1. The van der Waals surface area contributed by atoms with Crippen LogP contribution in [0, 0.1) is 13.8 Å². The van der Waals surface area contributed by atoms with E-state index in [4.69, 9.17) is 0 Å². The SMILES string of the molecule is Cc1cc2ncc(CN3CCN(c4ccccn4)CC3)n2c(C)n1. The second-order valence-electron chi connectivity index (χ2n) is 6.34. The average molecular weight is 322 g/mol. The Morgan fingerprint density at radius 3 is 2.62 bits per heavy atom. The molecule has 6 heteroatoms. The summed E-state index contributed by atoms with van der Waals surface area (Å²) >= 11 is 0. The summed E-state index contributed by atoms with van der Waals surface area (Å²) in [6.07, 6.45) is 3.84. The minimum Gasteiger partial charge on any atom is -0.354 e. The predicted molar refractivity (Wildman–Crippen MR) is 94.2 cm³/mol. The number of fused-ring (bicyclic) bond motifs is 1. The van der Waals surface area contributed by atoms with Gasteiger partial charge in [0, 0.05) is 50.7 Å². The third kappa shape index (κ3) is 2.85. The van der Waals surface area contributed by atoms with Crippen LogP contribution < -0.4 is 4.90 Å². The maximum atomic E-state index is 4.57. The average Bonchev–Trinajstić information content (AvgIpc) is 2.99. The van der Waals surface area contributed by atoms with Crippen molar-refractivity contribution in [2.24, 2.45) is 0 Å². The minimum atomic E-state index is 0.906. The van der Waals surface area contributed by atoms with Crippen LogP contribution in [0.4, 0.5) is 5.82 Å². The highest BCUT2D eigenvalue weighted by Crippen LogP contribution is 2.16. The molecule has 0 saturated carbocycles. The van der Waals surface area contributed by atoms with Gasteiger partial charge in [-0.15, -0.1) is 0 Å². The fourth-order valence-corrected chi connectivity index (χ4v) is 3.42. The molecule has 0 aromatic carbocycles. The summed E-state index contributed by atoms with van der Waals surface area (Å²) in [6, 6.07) is 8.13. The number of imidazole rings is 1. The van der Waals surface area contributed by atoms with E-state index < -0.39 is 0 Å². The predicted octanol–water partition coefficient (Wildman–Crippen LogP) is 2.06. The van der Waals surface area contributed by atoms with Crippen molar-refractivity contribution in [1.29, 1.82) is 0 Å². The van der Waals surface area contributed by atoms with Gasteiger partial charge in [-0.25, -0.2) is 15.0 Å². The van der Waals surface area contributed by atoms with Crippen molar-refractivity contribution in [3.63, 3.8) is 0 Å². The quantitative estimate of drug-likeness (QED) is 0.739. The summed E-state index contributed by atoms with van der Waals surface area (Å²) in [4.78, 5) is 18.4. The number of aromatic nitrogens is 4. The van der Waals surface area contributed by atoms with Crippen LogP contribution in [0.5, 0.6) is 0 Å². The molecule has 4 rings (SSSR count). The lowest BCUT2D eigenvalue weighted by atomic mass is 10.3. The van der Waals surface area contributed by atoms with E-state index in [1.54, 1.807) is 0 Å². The standard InChI is InChI=1S/C18H22N6/c1-14-11-18-20-12-16(24(18)15(2)21-14)13-22-7-9-23(10-8-22)17-5-3-4-6-19-17/h3-6,11-12H,7-10,13H2,1-2H3. The lowest BCUT2D eigenvalue weighted by Crippen LogP contribution is -2.46. The highest BCUT2D eigenvalue weighted by molar-refractivity contribution is 5.42. The minimum absolute atomic E-state index is 0.906. The largest absolute Gasteiger partial charge is 0.354 e. The Balaban J connectivity index is 1.46. The second-order valence-corrected chi connectivity index (χ2v) is 6.34. The van der Waals surface area contributed by atoms with E-state index >= 15 is 0 Å². The molecule has 0 N–H and O–H groups in total. The van der Waals surface area contributed by atoms with Crippen LogP contribution in [-0.2, 0) is 6.54 Å². The van der Waals surface area contributed by atoms with Gasteiger partial charge in [0.15, 0.2) is 0 Å². The molecule has 3 aromatic heterocycles. The van der Waals surface area contributed by atoms with Crippen LogP contribution in [0.25, 0.3) is 5.65 Å². The number of anilines is 1. The Labute approximate surface area is 141 Å². The lowest BCUT2D eigenvalue weighted by Gasteiger charge is -2.35. The smallest absolute Gasteiger partial charge is 0.140 e. The van der Waals surface area contributed by atoms with E-state index in [9.17, 15) is 0 Å². The summed E-state index contributed by atoms with van der Waals surface area (Å²) in [5.41, 5.74) is 3.21. The molecule has 1 saturated heterocycles. The number of aryl methyl sites for hydroxylation is 2. The van der Waals surface area contributed by atoms with E-state index in [1.807, 2.05) is 44.4 Å². The van der Waals surface area contributed by atoms with Gasteiger partial charge in [-0.1, -0.05) is 6.07 Å². The van der Waals surface area contributed by atoms with Gasteiger partial charge in [0.2, 0.25) is 0 Å². The van der Waals surface area contributed by atoms with Crippen LogP contribution in [0.15, 0.2) is 36.7 Å². The molecule has 24 heavy (non-hydrogen) atoms. The molecule has 6 nitrogen and oxygen atoms in total. The molecule has 1 aliphatic rings. The van der Waals surface area contributed by atoms with Crippen LogP contribution in [0.3, 0.4) is 0 Å². The van der Waals surface area contributed by atoms with Crippen molar-refractivity contribution in [2.75, 3.05) is 31.1 Å². The van der Waals surface area contributed by atoms with Crippen LogP contribution in [0.1, 0.15) is 17.2 Å². The number of pyridine rings is 1. The first-order valence-corrected chi connectivity index (χ1v) is 8.39. The fourth-order valence-electron chi connectivity index (χ4n) is 3.42. The Morgan fingerprint density at radius 1 is 1.04 bits per heavy atom. The van der Waals surface area contributed by atoms with Gasteiger partial charge in [-0.3, -0.25) is 9.30 Å². The molecule has 0 spiro atoms. The Hall–Kier alpha value is -2.47. The Bertz CT molecular complexity index is 833. The van der Waals surface area contributed by atoms with Crippen molar-refractivity contribution in [3.8, 4) is 0 Å². The van der Waals surface area contributed by atoms with Gasteiger partial charge < -0.3 is 4.90 Å². The zero-order valence-corrected chi connectivity index (χ0v) is 14.2. The summed E-state index contributed by atoms with van der Waals surface area (Å²) in [5, 5.41) is 0. The molecule has 1 aliphatic heterocycles. The fraction of sp³-hybridized carbons (Fsp3) is 0.389. The van der Waals surface area contributed by atoms with Crippen LogP contribution in [-0.4, -0.2) is 50.4 Å². The number of hydrogen-bond donors (Lipinski definition) is 0. The first kappa shape index (κ1) is 15.1. The van der Waals surface area contributed by atoms with Gasteiger partial charge in [0.25, 0.3) is 0 Å². The van der Waals surface area contributed by atoms with E-state index in [-0.39, 0.29) is 0 Å². The molecular formula is C18H22N6. The van der Waals surface area contributed by atoms with Gasteiger partial charge >= 0.3 is 0 Å². The maximum absolute atomic E-state index is 4.57. The topological polar surface area (TPSA) is 49.6 Å². The van der Waals surface area contributed by atoms with Crippen molar-refractivity contribution in [3.05, 3.63) is 53.9 Å². The summed E-state index contributed by atoms with van der Waals surface area (Å²) in [6.45, 7) is 9.03. The summed E-state index contributed by atoms with van der Waals surface area (Å²) in [5.74, 6) is 2.08. The molecule has 0 bridgehead atoms. The van der Waals surface area contributed by atoms with Crippen LogP contribution >= 0.6 is 0 Å². The molecule has 0 radical (unpaired) electrons. The maximum Gasteiger partial charge on any atom is 0.140 e. The molecule has 0 aliphatic carbocycles. The van der Waals surface area contributed by atoms with E-state index in [0.29, 0.717) is 0 Å². The van der Waals surface area contributed by atoms with Crippen molar-refractivity contribution in [1.82, 2.24) is 24.3 Å². The number of nitrogens with zero attached hydrogens (tertiary/aromatic N) is 6. The van der Waals surface area contributed by atoms with E-state index in [1.165, 1.54) is 5.69 Å². The molecule has 0 amide bonds. The summed E-state index contributed by atoms with van der Waals surface area (Å²) in [7, 11) is 0. The van der Waals surface area contributed by atoms with E-state index in [0.717, 1.165) is 55.7 Å². The molecule has 0 atom stereocenters. The first-order valence-electron chi connectivity index (χ1n) is 8.39. The highest BCUT2D eigenvalue weighted by Gasteiger charge is 2.19. The van der Waals surface area contributed by atoms with Crippen LogP contribution in [0.2, 0.25) is 0 Å². The lowest BCUT2D eigenvalue weighted by molar-refractivity contribution is 0.246. The zero-order chi connectivity index (χ0) is 16.5. The van der Waals surface area contributed by atoms with Gasteiger partial charge in [0.05, 0.1) is 11.9 Å². The summed E-state index contributed by atoms with van der Waals surface area (Å²) < 4.78 is 2.16.